The molecule has 0 saturated carbocycles. The van der Waals surface area contributed by atoms with Crippen LogP contribution in [0.2, 0.25) is 0 Å². The third-order valence-electron chi connectivity index (χ3n) is 2.41. The van der Waals surface area contributed by atoms with Crippen molar-refractivity contribution >= 4 is 11.7 Å². The summed E-state index contributed by atoms with van der Waals surface area (Å²) >= 11 is 0. The Kier molecular flexibility index (Phi) is 4.69. The molecule has 0 bridgehead atoms. The fraction of sp³-hybridized carbons (Fsp3) is 0.308. The van der Waals surface area contributed by atoms with Crippen molar-refractivity contribution in [3.05, 3.63) is 42.2 Å². The zero-order valence-corrected chi connectivity index (χ0v) is 9.74. The maximum atomic E-state index is 13.1. The number of allylic oxidation sites excluding steroid dienone is 1. The Balaban J connectivity index is 2.75. The molecule has 0 aliphatic heterocycles. The number of benzene rings is 1. The molecule has 1 atom stereocenters. The summed E-state index contributed by atoms with van der Waals surface area (Å²) in [6.45, 7) is 5.61. The molecule has 0 aliphatic rings. The average molecular weight is 237 g/mol. The monoisotopic (exact) mass is 237 g/mol. The number of halogens is 1. The topological polar surface area (TPSA) is 49.3 Å². The minimum atomic E-state index is -1.26. The van der Waals surface area contributed by atoms with E-state index in [1.165, 1.54) is 12.1 Å². The molecule has 0 aliphatic carbocycles. The Morgan fingerprint density at radius 1 is 1.65 bits per heavy atom. The number of carboxylic acid groups (broad SMARTS) is 1. The van der Waals surface area contributed by atoms with Crippen molar-refractivity contribution in [3.8, 4) is 0 Å². The van der Waals surface area contributed by atoms with Gasteiger partial charge in [0.15, 0.2) is 0 Å². The summed E-state index contributed by atoms with van der Waals surface area (Å²) in [7, 11) is 0. The quantitative estimate of drug-likeness (QED) is 0.746. The number of hydrogen-bond donors (Lipinski definition) is 2. The molecule has 0 heterocycles. The van der Waals surface area contributed by atoms with E-state index in [2.05, 4.69) is 11.9 Å². The largest absolute Gasteiger partial charge is 0.478 e. The predicted molar refractivity (Wildman–Crippen MR) is 65.9 cm³/mol. The summed E-state index contributed by atoms with van der Waals surface area (Å²) < 4.78 is 13.1. The number of anilines is 1. The number of hydrogen-bond acceptors (Lipinski definition) is 2. The molecule has 1 aromatic rings. The van der Waals surface area contributed by atoms with E-state index >= 15 is 0 Å². The molecule has 0 spiro atoms. The molecule has 0 radical (unpaired) electrons. The van der Waals surface area contributed by atoms with Crippen molar-refractivity contribution in [2.75, 3.05) is 5.32 Å². The molecule has 1 unspecified atom stereocenters. The predicted octanol–water partition coefficient (Wildman–Crippen LogP) is 3.29. The molecule has 4 heteroatoms. The van der Waals surface area contributed by atoms with Gasteiger partial charge in [-0.25, -0.2) is 9.18 Å². The smallest absolute Gasteiger partial charge is 0.338 e. The zero-order valence-electron chi connectivity index (χ0n) is 9.74. The molecule has 0 saturated heterocycles. The maximum absolute atomic E-state index is 13.1. The molecule has 0 amide bonds. The van der Waals surface area contributed by atoms with Crippen LogP contribution < -0.4 is 5.32 Å². The molecule has 92 valence electrons. The van der Waals surface area contributed by atoms with Crippen LogP contribution in [0.5, 0.6) is 0 Å². The third-order valence-corrected chi connectivity index (χ3v) is 2.41. The van der Waals surface area contributed by atoms with E-state index < -0.39 is 11.8 Å². The van der Waals surface area contributed by atoms with E-state index in [1.54, 1.807) is 0 Å². The van der Waals surface area contributed by atoms with E-state index in [-0.39, 0.29) is 11.6 Å². The summed E-state index contributed by atoms with van der Waals surface area (Å²) in [5, 5.41) is 11.9. The first-order valence-electron chi connectivity index (χ1n) is 5.45. The molecule has 0 aromatic heterocycles. The lowest BCUT2D eigenvalue weighted by molar-refractivity contribution is 0.0692. The van der Waals surface area contributed by atoms with Crippen LogP contribution in [0.4, 0.5) is 10.1 Å². The second-order valence-electron chi connectivity index (χ2n) is 3.91. The highest BCUT2D eigenvalue weighted by atomic mass is 19.1. The molecule has 3 nitrogen and oxygen atoms in total. The van der Waals surface area contributed by atoms with E-state index in [0.29, 0.717) is 5.69 Å². The summed E-state index contributed by atoms with van der Waals surface area (Å²) in [6, 6.07) is 4.18. The minimum Gasteiger partial charge on any atom is -0.478 e. The average Bonchev–Trinajstić information content (AvgIpc) is 2.28. The van der Waals surface area contributed by atoms with Crippen LogP contribution in [-0.4, -0.2) is 17.1 Å². The van der Waals surface area contributed by atoms with Crippen molar-refractivity contribution in [2.45, 2.75) is 25.8 Å². The van der Waals surface area contributed by atoms with Gasteiger partial charge in [0.1, 0.15) is 5.82 Å². The van der Waals surface area contributed by atoms with Crippen LogP contribution in [0.25, 0.3) is 0 Å². The molecule has 1 aromatic carbocycles. The van der Waals surface area contributed by atoms with Crippen molar-refractivity contribution in [2.24, 2.45) is 0 Å². The van der Waals surface area contributed by atoms with Gasteiger partial charge in [-0.1, -0.05) is 6.08 Å². The van der Waals surface area contributed by atoms with Gasteiger partial charge in [-0.3, -0.25) is 0 Å². The SMILES string of the molecule is C=CCCC(C)Nc1ccc(F)c(C(=O)O)c1. The second kappa shape index (κ2) is 6.03. The van der Waals surface area contributed by atoms with E-state index in [4.69, 9.17) is 5.11 Å². The van der Waals surface area contributed by atoms with Gasteiger partial charge in [0.2, 0.25) is 0 Å². The van der Waals surface area contributed by atoms with Gasteiger partial charge in [-0.15, -0.1) is 6.58 Å². The number of nitrogens with one attached hydrogen (secondary N) is 1. The van der Waals surface area contributed by atoms with Crippen LogP contribution in [-0.2, 0) is 0 Å². The highest BCUT2D eigenvalue weighted by molar-refractivity contribution is 5.89. The minimum absolute atomic E-state index is 0.181. The molecule has 2 N–H and O–H groups in total. The summed E-state index contributed by atoms with van der Waals surface area (Å²) in [6.07, 6.45) is 3.59. The molecule has 0 fully saturated rings. The molecular weight excluding hydrogens is 221 g/mol. The number of aromatic carboxylic acids is 1. The number of carbonyl (C=O) groups is 1. The van der Waals surface area contributed by atoms with Crippen LogP contribution in [0.15, 0.2) is 30.9 Å². The Bertz CT molecular complexity index is 418. The van der Waals surface area contributed by atoms with Gasteiger partial charge in [0.25, 0.3) is 0 Å². The standard InChI is InChI=1S/C13H16FNO2/c1-3-4-5-9(2)15-10-6-7-12(14)11(8-10)13(16)17/h3,6-9,15H,1,4-5H2,2H3,(H,16,17). The molecule has 1 rings (SSSR count). The van der Waals surface area contributed by atoms with Gasteiger partial charge < -0.3 is 10.4 Å². The van der Waals surface area contributed by atoms with E-state index in [1.807, 2.05) is 13.0 Å². The zero-order chi connectivity index (χ0) is 12.8. The van der Waals surface area contributed by atoms with Gasteiger partial charge in [0, 0.05) is 11.7 Å². The first kappa shape index (κ1) is 13.2. The lowest BCUT2D eigenvalue weighted by Gasteiger charge is -2.14. The Hall–Kier alpha value is -1.84. The van der Waals surface area contributed by atoms with E-state index in [0.717, 1.165) is 18.9 Å². The fourth-order valence-electron chi connectivity index (χ4n) is 1.50. The normalized spacial score (nSPS) is 11.9. The third kappa shape index (κ3) is 3.90. The highest BCUT2D eigenvalue weighted by Crippen LogP contribution is 2.16. The maximum Gasteiger partial charge on any atom is 0.338 e. The summed E-state index contributed by atoms with van der Waals surface area (Å²) in [5.74, 6) is -1.98. The van der Waals surface area contributed by atoms with Gasteiger partial charge in [-0.05, 0) is 38.0 Å². The van der Waals surface area contributed by atoms with Crippen LogP contribution in [0.1, 0.15) is 30.1 Å². The van der Waals surface area contributed by atoms with Crippen molar-refractivity contribution in [3.63, 3.8) is 0 Å². The number of carboxylic acids is 1. The Labute approximate surface area is 100.0 Å². The Morgan fingerprint density at radius 3 is 2.94 bits per heavy atom. The van der Waals surface area contributed by atoms with Crippen LogP contribution in [0, 0.1) is 5.82 Å². The first-order chi connectivity index (χ1) is 8.04. The summed E-state index contributed by atoms with van der Waals surface area (Å²) in [4.78, 5) is 10.8. The number of rotatable bonds is 6. The Morgan fingerprint density at radius 2 is 2.35 bits per heavy atom. The second-order valence-corrected chi connectivity index (χ2v) is 3.91. The van der Waals surface area contributed by atoms with Gasteiger partial charge in [0.05, 0.1) is 5.56 Å². The lowest BCUT2D eigenvalue weighted by atomic mass is 10.1. The van der Waals surface area contributed by atoms with Gasteiger partial charge >= 0.3 is 5.97 Å². The van der Waals surface area contributed by atoms with Crippen molar-refractivity contribution in [1.82, 2.24) is 0 Å². The fourth-order valence-corrected chi connectivity index (χ4v) is 1.50. The molecular formula is C13H16FNO2. The van der Waals surface area contributed by atoms with Crippen molar-refractivity contribution in [1.29, 1.82) is 0 Å². The molecule has 17 heavy (non-hydrogen) atoms. The summed E-state index contributed by atoms with van der Waals surface area (Å²) in [5.41, 5.74) is 0.297. The van der Waals surface area contributed by atoms with Crippen molar-refractivity contribution < 1.29 is 14.3 Å². The highest BCUT2D eigenvalue weighted by Gasteiger charge is 2.11. The van der Waals surface area contributed by atoms with Crippen LogP contribution >= 0.6 is 0 Å². The van der Waals surface area contributed by atoms with Gasteiger partial charge in [-0.2, -0.15) is 0 Å². The van der Waals surface area contributed by atoms with E-state index in [9.17, 15) is 9.18 Å². The van der Waals surface area contributed by atoms with Crippen LogP contribution in [0.3, 0.4) is 0 Å². The first-order valence-corrected chi connectivity index (χ1v) is 5.45. The lowest BCUT2D eigenvalue weighted by Crippen LogP contribution is -2.15.